The fourth-order valence-electron chi connectivity index (χ4n) is 0.672. The monoisotopic (exact) mass is 426 g/mol. The SMILES string of the molecule is BC(I)C(B)C(Br)C(C)I. The van der Waals surface area contributed by atoms with Crippen molar-refractivity contribution in [1.82, 2.24) is 0 Å². The summed E-state index contributed by atoms with van der Waals surface area (Å²) >= 11 is 8.65. The second-order valence-electron chi connectivity index (χ2n) is 2.66. The summed E-state index contributed by atoms with van der Waals surface area (Å²) in [6.07, 6.45) is 0. The Morgan fingerprint density at radius 2 is 1.70 bits per heavy atom. The highest BCUT2D eigenvalue weighted by Gasteiger charge is 2.21. The molecule has 0 bridgehead atoms. The molecule has 0 saturated heterocycles. The second-order valence-corrected chi connectivity index (χ2v) is 7.65. The lowest BCUT2D eigenvalue weighted by molar-refractivity contribution is 0.832. The first kappa shape index (κ1) is 12.1. The number of hydrogen-bond donors (Lipinski definition) is 0. The molecule has 0 nitrogen and oxygen atoms in total. The van der Waals surface area contributed by atoms with Crippen LogP contribution in [0.5, 0.6) is 0 Å². The van der Waals surface area contributed by atoms with Gasteiger partial charge in [0.1, 0.15) is 15.7 Å². The summed E-state index contributed by atoms with van der Waals surface area (Å²) in [4.78, 5) is 0.653. The minimum absolute atomic E-state index is 0.653. The van der Waals surface area contributed by atoms with Crippen molar-refractivity contribution in [3.05, 3.63) is 0 Å². The number of hydrogen-bond acceptors (Lipinski definition) is 0. The average molecular weight is 426 g/mol. The van der Waals surface area contributed by atoms with Gasteiger partial charge in [-0.25, -0.2) is 0 Å². The quantitative estimate of drug-likeness (QED) is 0.364. The number of rotatable bonds is 3. The normalized spacial score (nSPS) is 23.2. The number of alkyl halides is 3. The van der Waals surface area contributed by atoms with Gasteiger partial charge in [-0.1, -0.05) is 73.9 Å². The van der Waals surface area contributed by atoms with Gasteiger partial charge in [0.05, 0.1) is 0 Å². The van der Waals surface area contributed by atoms with E-state index in [0.717, 1.165) is 9.64 Å². The smallest absolute Gasteiger partial charge is 0.0929 e. The molecule has 0 amide bonds. The van der Waals surface area contributed by atoms with Crippen molar-refractivity contribution in [1.29, 1.82) is 0 Å². The van der Waals surface area contributed by atoms with Crippen LogP contribution >= 0.6 is 61.1 Å². The maximum atomic E-state index is 3.70. The van der Waals surface area contributed by atoms with Crippen LogP contribution in [0.25, 0.3) is 0 Å². The standard InChI is InChI=1S/C5H11B2BrI2/c1-2(9)4(8)3(6)5(7)10/h2-5H,6-7H2,1H3. The van der Waals surface area contributed by atoms with E-state index >= 15 is 0 Å². The third-order valence-corrected chi connectivity index (χ3v) is 6.19. The van der Waals surface area contributed by atoms with E-state index < -0.39 is 0 Å². The van der Waals surface area contributed by atoms with Crippen LogP contribution in [0, 0.1) is 0 Å². The van der Waals surface area contributed by atoms with E-state index in [0.29, 0.717) is 8.75 Å². The summed E-state index contributed by atoms with van der Waals surface area (Å²) in [7, 11) is 4.56. The van der Waals surface area contributed by atoms with Crippen molar-refractivity contribution in [3.8, 4) is 0 Å². The van der Waals surface area contributed by atoms with Crippen molar-refractivity contribution >= 4 is 76.8 Å². The predicted molar refractivity (Wildman–Crippen MR) is 74.8 cm³/mol. The predicted octanol–water partition coefficient (Wildman–Crippen LogP) is 1.39. The largest absolute Gasteiger partial charge is 0.117 e. The van der Waals surface area contributed by atoms with Crippen LogP contribution in [-0.4, -0.2) is 28.3 Å². The molecule has 0 N–H and O–H groups in total. The van der Waals surface area contributed by atoms with Crippen molar-refractivity contribution in [2.45, 2.75) is 25.3 Å². The van der Waals surface area contributed by atoms with Gasteiger partial charge in [0.15, 0.2) is 0 Å². The molecule has 0 radical (unpaired) electrons. The molecule has 0 heterocycles. The zero-order chi connectivity index (χ0) is 8.31. The topological polar surface area (TPSA) is 0 Å². The van der Waals surface area contributed by atoms with Gasteiger partial charge in [-0.3, -0.25) is 0 Å². The maximum Gasteiger partial charge on any atom is 0.117 e. The Labute approximate surface area is 101 Å². The van der Waals surface area contributed by atoms with Gasteiger partial charge in [-0.15, -0.1) is 0 Å². The fraction of sp³-hybridized carbons (Fsp3) is 1.00. The molecular formula is C5H11B2BrI2. The summed E-state index contributed by atoms with van der Waals surface area (Å²) < 4.78 is 1.46. The molecule has 0 aromatic heterocycles. The Hall–Kier alpha value is 2.07. The van der Waals surface area contributed by atoms with Gasteiger partial charge < -0.3 is 0 Å². The Morgan fingerprint density at radius 1 is 1.30 bits per heavy atom. The minimum Gasteiger partial charge on any atom is -0.0929 e. The zero-order valence-electron chi connectivity index (χ0n) is 6.44. The molecule has 4 atom stereocenters. The van der Waals surface area contributed by atoms with Crippen LogP contribution in [0.3, 0.4) is 0 Å². The van der Waals surface area contributed by atoms with E-state index in [1.807, 2.05) is 0 Å². The lowest BCUT2D eigenvalue weighted by Crippen LogP contribution is -2.24. The highest BCUT2D eigenvalue weighted by Crippen LogP contribution is 2.29. The van der Waals surface area contributed by atoms with Gasteiger partial charge in [0.25, 0.3) is 0 Å². The molecule has 0 aromatic carbocycles. The summed E-state index contributed by atoms with van der Waals surface area (Å²) in [5, 5.41) is 0. The molecule has 0 aliphatic heterocycles. The second kappa shape index (κ2) is 5.67. The van der Waals surface area contributed by atoms with E-state index in [1.165, 1.54) is 0 Å². The Kier molecular flexibility index (Phi) is 6.84. The van der Waals surface area contributed by atoms with Crippen LogP contribution in [0.1, 0.15) is 6.92 Å². The lowest BCUT2D eigenvalue weighted by atomic mass is 9.74. The van der Waals surface area contributed by atoms with E-state index in [4.69, 9.17) is 0 Å². The molecule has 0 fully saturated rings. The first-order valence-corrected chi connectivity index (χ1v) is 6.79. The van der Waals surface area contributed by atoms with E-state index in [9.17, 15) is 0 Å². The molecule has 0 spiro atoms. The third-order valence-electron chi connectivity index (χ3n) is 1.67. The fourth-order valence-corrected chi connectivity index (χ4v) is 2.80. The van der Waals surface area contributed by atoms with Crippen molar-refractivity contribution in [2.75, 3.05) is 0 Å². The van der Waals surface area contributed by atoms with Crippen molar-refractivity contribution in [3.63, 3.8) is 0 Å². The van der Waals surface area contributed by atoms with Crippen LogP contribution in [-0.2, 0) is 0 Å². The van der Waals surface area contributed by atoms with Crippen molar-refractivity contribution < 1.29 is 0 Å². The van der Waals surface area contributed by atoms with Crippen LogP contribution in [0.2, 0.25) is 5.82 Å². The zero-order valence-corrected chi connectivity index (χ0v) is 12.3. The van der Waals surface area contributed by atoms with Crippen molar-refractivity contribution in [2.24, 2.45) is 0 Å². The molecule has 0 aliphatic carbocycles. The van der Waals surface area contributed by atoms with Gasteiger partial charge in [-0.2, -0.15) is 0 Å². The molecule has 0 aromatic rings. The molecule has 0 rings (SSSR count). The molecule has 58 valence electrons. The van der Waals surface area contributed by atoms with Crippen LogP contribution < -0.4 is 0 Å². The maximum absolute atomic E-state index is 3.70. The first-order chi connectivity index (χ1) is 4.46. The molecule has 4 unspecified atom stereocenters. The molecule has 5 heteroatoms. The lowest BCUT2D eigenvalue weighted by Gasteiger charge is -2.22. The summed E-state index contributed by atoms with van der Waals surface area (Å²) in [5.74, 6) is 0.757. The minimum atomic E-state index is 0.653. The van der Waals surface area contributed by atoms with E-state index in [-0.39, 0.29) is 0 Å². The summed E-state index contributed by atoms with van der Waals surface area (Å²) in [5.41, 5.74) is 0. The highest BCUT2D eigenvalue weighted by atomic mass is 127. The van der Waals surface area contributed by atoms with Gasteiger partial charge in [0.2, 0.25) is 0 Å². The average Bonchev–Trinajstić information content (AvgIpc) is 1.84. The summed E-state index contributed by atoms with van der Waals surface area (Å²) in [6.45, 7) is 2.25. The Bertz CT molecular complexity index is 87.6. The van der Waals surface area contributed by atoms with Crippen LogP contribution in [0.15, 0.2) is 0 Å². The van der Waals surface area contributed by atoms with Gasteiger partial charge in [0, 0.05) is 8.75 Å². The van der Waals surface area contributed by atoms with Crippen LogP contribution in [0.4, 0.5) is 0 Å². The van der Waals surface area contributed by atoms with Gasteiger partial charge in [-0.05, 0) is 3.82 Å². The third kappa shape index (κ3) is 4.18. The van der Waals surface area contributed by atoms with E-state index in [1.54, 1.807) is 0 Å². The van der Waals surface area contributed by atoms with Gasteiger partial charge >= 0.3 is 0 Å². The van der Waals surface area contributed by atoms with E-state index in [2.05, 4.69) is 83.7 Å². The molecule has 0 saturated carbocycles. The first-order valence-electron chi connectivity index (χ1n) is 3.39. The molecule has 10 heavy (non-hydrogen) atoms. The highest BCUT2D eigenvalue weighted by molar-refractivity contribution is 14.1. The summed E-state index contributed by atoms with van der Waals surface area (Å²) in [6, 6.07) is 0. The Balaban J connectivity index is 3.81. The number of halogens is 3. The Morgan fingerprint density at radius 3 is 1.80 bits per heavy atom. The molecular weight excluding hydrogens is 415 g/mol. The molecule has 0 aliphatic rings.